The third kappa shape index (κ3) is 4.46. The lowest BCUT2D eigenvalue weighted by Crippen LogP contribution is -2.49. The molecule has 172 valence electrons. The number of benzene rings is 1. The number of halogens is 2. The van der Waals surface area contributed by atoms with Crippen molar-refractivity contribution in [1.29, 1.82) is 0 Å². The minimum atomic E-state index is -0.748. The molecule has 2 aromatic rings. The molecule has 1 aromatic carbocycles. The van der Waals surface area contributed by atoms with Gasteiger partial charge >= 0.3 is 12.0 Å². The second-order valence-electron chi connectivity index (χ2n) is 8.81. The molecular formula is C23H28ClFN4O3. The predicted molar refractivity (Wildman–Crippen MR) is 118 cm³/mol. The van der Waals surface area contributed by atoms with Crippen LogP contribution in [0.15, 0.2) is 18.2 Å². The fourth-order valence-corrected chi connectivity index (χ4v) is 5.03. The predicted octanol–water partition coefficient (Wildman–Crippen LogP) is 4.09. The Morgan fingerprint density at radius 1 is 1.28 bits per heavy atom. The number of carboxylic acid groups (broad SMARTS) is 1. The Balaban J connectivity index is 1.47. The largest absolute Gasteiger partial charge is 0.481 e. The number of aliphatic carboxylic acids is 1. The number of rotatable bonds is 4. The van der Waals surface area contributed by atoms with Gasteiger partial charge in [-0.2, -0.15) is 5.10 Å². The van der Waals surface area contributed by atoms with Crippen molar-refractivity contribution >= 4 is 23.6 Å². The van der Waals surface area contributed by atoms with Crippen LogP contribution in [0.3, 0.4) is 0 Å². The van der Waals surface area contributed by atoms with E-state index in [0.717, 1.165) is 17.0 Å². The molecule has 1 aliphatic heterocycles. The van der Waals surface area contributed by atoms with Gasteiger partial charge in [-0.3, -0.25) is 9.48 Å². The van der Waals surface area contributed by atoms with Crippen LogP contribution in [0.1, 0.15) is 48.2 Å². The van der Waals surface area contributed by atoms with Gasteiger partial charge < -0.3 is 14.9 Å². The van der Waals surface area contributed by atoms with Gasteiger partial charge in [-0.1, -0.05) is 17.7 Å². The highest BCUT2D eigenvalue weighted by Gasteiger charge is 2.33. The number of hydrogen-bond donors (Lipinski definition) is 1. The number of carboxylic acids is 1. The number of carbonyl (C=O) groups is 2. The van der Waals surface area contributed by atoms with Crippen LogP contribution in [0, 0.1) is 18.7 Å². The SMILES string of the molecule is Cc1nn(Cc2ccc(Cl)cc2F)c2c1CCN(C(=O)N(C)[C@H]1CC[C@H](C(=O)O)CC1)C2. The molecule has 0 bridgehead atoms. The van der Waals surface area contributed by atoms with Crippen molar-refractivity contribution in [2.24, 2.45) is 5.92 Å². The van der Waals surface area contributed by atoms with E-state index in [1.165, 1.54) is 6.07 Å². The van der Waals surface area contributed by atoms with Crippen LogP contribution in [0.25, 0.3) is 0 Å². The summed E-state index contributed by atoms with van der Waals surface area (Å²) < 4.78 is 16.1. The van der Waals surface area contributed by atoms with Gasteiger partial charge in [0.25, 0.3) is 0 Å². The van der Waals surface area contributed by atoms with Crippen molar-refractivity contribution in [3.05, 3.63) is 51.6 Å². The molecule has 0 unspecified atom stereocenters. The topological polar surface area (TPSA) is 78.7 Å². The van der Waals surface area contributed by atoms with Gasteiger partial charge in [-0.25, -0.2) is 9.18 Å². The number of aryl methyl sites for hydroxylation is 1. The zero-order chi connectivity index (χ0) is 23.0. The summed E-state index contributed by atoms with van der Waals surface area (Å²) in [6.07, 6.45) is 3.30. The number of fused-ring (bicyclic) bond motifs is 1. The fraction of sp³-hybridized carbons (Fsp3) is 0.522. The third-order valence-electron chi connectivity index (χ3n) is 6.84. The summed E-state index contributed by atoms with van der Waals surface area (Å²) in [5.74, 6) is -1.43. The van der Waals surface area contributed by atoms with E-state index in [-0.39, 0.29) is 30.4 Å². The summed E-state index contributed by atoms with van der Waals surface area (Å²) in [5.41, 5.74) is 3.45. The van der Waals surface area contributed by atoms with E-state index in [1.54, 1.807) is 28.8 Å². The smallest absolute Gasteiger partial charge is 0.320 e. The number of aromatic nitrogens is 2. The number of carbonyl (C=O) groups excluding carboxylic acids is 1. The zero-order valence-corrected chi connectivity index (χ0v) is 19.1. The first-order chi connectivity index (χ1) is 15.2. The van der Waals surface area contributed by atoms with Crippen molar-refractivity contribution in [2.45, 2.75) is 58.2 Å². The average Bonchev–Trinajstić information content (AvgIpc) is 3.09. The van der Waals surface area contributed by atoms with Gasteiger partial charge in [0.1, 0.15) is 5.82 Å². The maximum atomic E-state index is 14.3. The Bertz CT molecular complexity index is 1030. The van der Waals surface area contributed by atoms with Crippen LogP contribution >= 0.6 is 11.6 Å². The number of urea groups is 1. The molecule has 0 atom stereocenters. The summed E-state index contributed by atoms with van der Waals surface area (Å²) in [6, 6.07) is 4.61. The molecule has 2 heterocycles. The van der Waals surface area contributed by atoms with Crippen LogP contribution in [-0.2, 0) is 24.3 Å². The second kappa shape index (κ2) is 9.10. The summed E-state index contributed by atoms with van der Waals surface area (Å²) in [5, 5.41) is 14.2. The third-order valence-corrected chi connectivity index (χ3v) is 7.08. The number of amides is 2. The molecule has 1 fully saturated rings. The van der Waals surface area contributed by atoms with E-state index in [4.69, 9.17) is 11.6 Å². The molecule has 1 N–H and O–H groups in total. The van der Waals surface area contributed by atoms with E-state index in [2.05, 4.69) is 5.10 Å². The fourth-order valence-electron chi connectivity index (χ4n) is 4.87. The standard InChI is InChI=1S/C23H28ClFN4O3/c1-14-19-9-10-28(23(32)27(2)18-7-4-15(5-8-18)22(30)31)13-21(19)29(26-14)12-16-3-6-17(24)11-20(16)25/h3,6,11,15,18H,4-5,7-10,12-13H2,1-2H3,(H,30,31)/t15-,18-. The monoisotopic (exact) mass is 462 g/mol. The van der Waals surface area contributed by atoms with Gasteiger partial charge in [0.2, 0.25) is 0 Å². The molecule has 1 aliphatic carbocycles. The number of hydrogen-bond acceptors (Lipinski definition) is 3. The molecule has 0 spiro atoms. The van der Waals surface area contributed by atoms with E-state index in [0.29, 0.717) is 55.8 Å². The highest BCUT2D eigenvalue weighted by atomic mass is 35.5. The minimum Gasteiger partial charge on any atom is -0.481 e. The van der Waals surface area contributed by atoms with Crippen molar-refractivity contribution in [3.8, 4) is 0 Å². The summed E-state index contributed by atoms with van der Waals surface area (Å²) in [4.78, 5) is 28.0. The summed E-state index contributed by atoms with van der Waals surface area (Å²) in [6.45, 7) is 3.23. The van der Waals surface area contributed by atoms with E-state index >= 15 is 0 Å². The highest BCUT2D eigenvalue weighted by Crippen LogP contribution is 2.29. The van der Waals surface area contributed by atoms with Crippen molar-refractivity contribution in [2.75, 3.05) is 13.6 Å². The molecular weight excluding hydrogens is 435 g/mol. The summed E-state index contributed by atoms with van der Waals surface area (Å²) >= 11 is 5.87. The normalized spacial score (nSPS) is 20.7. The maximum Gasteiger partial charge on any atom is 0.320 e. The molecule has 1 aromatic heterocycles. The second-order valence-corrected chi connectivity index (χ2v) is 9.25. The Labute approximate surface area is 191 Å². The Morgan fingerprint density at radius 2 is 2.00 bits per heavy atom. The van der Waals surface area contributed by atoms with Crippen LogP contribution in [0.2, 0.25) is 5.02 Å². The van der Waals surface area contributed by atoms with E-state index < -0.39 is 5.97 Å². The Morgan fingerprint density at radius 3 is 2.66 bits per heavy atom. The van der Waals surface area contributed by atoms with Crippen LogP contribution in [-0.4, -0.2) is 56.3 Å². The van der Waals surface area contributed by atoms with E-state index in [1.807, 2.05) is 11.8 Å². The first-order valence-corrected chi connectivity index (χ1v) is 11.4. The number of nitrogens with zero attached hydrogens (tertiary/aromatic N) is 4. The first kappa shape index (κ1) is 22.6. The molecule has 1 saturated carbocycles. The molecule has 0 saturated heterocycles. The highest BCUT2D eigenvalue weighted by molar-refractivity contribution is 6.30. The molecule has 7 nitrogen and oxygen atoms in total. The van der Waals surface area contributed by atoms with Gasteiger partial charge in [0.05, 0.1) is 30.4 Å². The molecule has 0 radical (unpaired) electrons. The lowest BCUT2D eigenvalue weighted by Gasteiger charge is -2.38. The molecule has 9 heteroatoms. The van der Waals surface area contributed by atoms with Gasteiger partial charge in [0, 0.05) is 30.2 Å². The van der Waals surface area contributed by atoms with Gasteiger partial charge in [0.15, 0.2) is 0 Å². The van der Waals surface area contributed by atoms with E-state index in [9.17, 15) is 19.1 Å². The van der Waals surface area contributed by atoms with Gasteiger partial charge in [-0.05, 0) is 56.7 Å². The molecule has 2 amide bonds. The van der Waals surface area contributed by atoms with Crippen molar-refractivity contribution in [3.63, 3.8) is 0 Å². The van der Waals surface area contributed by atoms with Crippen LogP contribution in [0.4, 0.5) is 9.18 Å². The molecule has 2 aliphatic rings. The minimum absolute atomic E-state index is 0.0503. The summed E-state index contributed by atoms with van der Waals surface area (Å²) in [7, 11) is 1.80. The Kier molecular flexibility index (Phi) is 6.42. The lowest BCUT2D eigenvalue weighted by molar-refractivity contribution is -0.143. The van der Waals surface area contributed by atoms with Crippen molar-refractivity contribution in [1.82, 2.24) is 19.6 Å². The Hall–Kier alpha value is -2.61. The lowest BCUT2D eigenvalue weighted by atomic mass is 9.85. The van der Waals surface area contributed by atoms with Gasteiger partial charge in [-0.15, -0.1) is 0 Å². The maximum absolute atomic E-state index is 14.3. The quantitative estimate of drug-likeness (QED) is 0.742. The molecule has 32 heavy (non-hydrogen) atoms. The zero-order valence-electron chi connectivity index (χ0n) is 18.4. The van der Waals surface area contributed by atoms with Crippen LogP contribution < -0.4 is 0 Å². The molecule has 4 rings (SSSR count). The first-order valence-electron chi connectivity index (χ1n) is 11.0. The average molecular weight is 463 g/mol. The van der Waals surface area contributed by atoms with Crippen molar-refractivity contribution < 1.29 is 19.1 Å². The van der Waals surface area contributed by atoms with Crippen LogP contribution in [0.5, 0.6) is 0 Å².